The monoisotopic (exact) mass is 330 g/mol. The molecule has 0 aromatic rings. The summed E-state index contributed by atoms with van der Waals surface area (Å²) in [5.41, 5.74) is 2.27. The summed E-state index contributed by atoms with van der Waals surface area (Å²) in [6.45, 7) is 12.7. The molecule has 24 heavy (non-hydrogen) atoms. The Balaban J connectivity index is 2.15. The molecule has 132 valence electrons. The number of ether oxygens (including phenoxy) is 1. The normalized spacial score (nSPS) is 39.3. The number of hydrogen-bond donors (Lipinski definition) is 0. The zero-order chi connectivity index (χ0) is 17.6. The van der Waals surface area contributed by atoms with Crippen molar-refractivity contribution in [3.05, 3.63) is 23.3 Å². The molecule has 0 aromatic heterocycles. The number of carbonyl (C=O) groups is 2. The molecule has 3 aliphatic rings. The molecule has 5 atom stereocenters. The maximum Gasteiger partial charge on any atom is 0.334 e. The van der Waals surface area contributed by atoms with Gasteiger partial charge in [-0.2, -0.15) is 0 Å². The minimum absolute atomic E-state index is 0.108. The lowest BCUT2D eigenvalue weighted by molar-refractivity contribution is -0.140. The standard InChI is InChI=1S/C21H30O3/c1-6-24-20(23)17-13(3)7-8-16-14(4)10-15-9-12(2)11-21(15,5)19(22)18(16)17/h13-16H,2,6-11H2,1,3-5H3/t13-,14-,15-,16+,21-/m0/s1. The second-order valence-corrected chi connectivity index (χ2v) is 8.42. The van der Waals surface area contributed by atoms with E-state index in [0.29, 0.717) is 24.0 Å². The van der Waals surface area contributed by atoms with Gasteiger partial charge in [-0.1, -0.05) is 32.9 Å². The Morgan fingerprint density at radius 2 is 2.04 bits per heavy atom. The van der Waals surface area contributed by atoms with Crippen LogP contribution in [-0.4, -0.2) is 18.4 Å². The molecule has 3 heteroatoms. The van der Waals surface area contributed by atoms with Gasteiger partial charge in [0.15, 0.2) is 5.78 Å². The fourth-order valence-corrected chi connectivity index (χ4v) is 5.40. The van der Waals surface area contributed by atoms with E-state index in [4.69, 9.17) is 4.74 Å². The van der Waals surface area contributed by atoms with Gasteiger partial charge in [-0.3, -0.25) is 4.79 Å². The van der Waals surface area contributed by atoms with Crippen LogP contribution in [0, 0.1) is 29.1 Å². The molecule has 0 N–H and O–H groups in total. The van der Waals surface area contributed by atoms with Crippen LogP contribution in [0.1, 0.15) is 59.8 Å². The van der Waals surface area contributed by atoms with Crippen molar-refractivity contribution in [3.8, 4) is 0 Å². The molecule has 0 radical (unpaired) electrons. The maximum absolute atomic E-state index is 13.6. The number of fused-ring (bicyclic) bond motifs is 2. The molecule has 3 aliphatic carbocycles. The molecule has 0 spiro atoms. The zero-order valence-corrected chi connectivity index (χ0v) is 15.5. The molecule has 0 bridgehead atoms. The van der Waals surface area contributed by atoms with Gasteiger partial charge in [-0.25, -0.2) is 4.79 Å². The Hall–Kier alpha value is -1.38. The molecular formula is C21H30O3. The zero-order valence-electron chi connectivity index (χ0n) is 15.5. The average molecular weight is 330 g/mol. The predicted octanol–water partition coefficient (Wildman–Crippen LogP) is 4.47. The molecule has 0 heterocycles. The largest absolute Gasteiger partial charge is 0.463 e. The van der Waals surface area contributed by atoms with Gasteiger partial charge in [-0.15, -0.1) is 0 Å². The van der Waals surface area contributed by atoms with Crippen molar-refractivity contribution in [3.63, 3.8) is 0 Å². The highest BCUT2D eigenvalue weighted by molar-refractivity contribution is 6.08. The highest BCUT2D eigenvalue weighted by Crippen LogP contribution is 2.56. The highest BCUT2D eigenvalue weighted by Gasteiger charge is 2.53. The fraction of sp³-hybridized carbons (Fsp3) is 0.714. The maximum atomic E-state index is 13.6. The van der Waals surface area contributed by atoms with Gasteiger partial charge in [0.25, 0.3) is 0 Å². The summed E-state index contributed by atoms with van der Waals surface area (Å²) in [6, 6.07) is 0. The Morgan fingerprint density at radius 1 is 1.33 bits per heavy atom. The number of esters is 1. The van der Waals surface area contributed by atoms with Crippen molar-refractivity contribution in [2.75, 3.05) is 6.61 Å². The second kappa shape index (κ2) is 6.16. The third-order valence-electron chi connectivity index (χ3n) is 6.72. The third-order valence-corrected chi connectivity index (χ3v) is 6.72. The lowest BCUT2D eigenvalue weighted by atomic mass is 9.68. The number of carbonyl (C=O) groups excluding carboxylic acids is 2. The minimum atomic E-state index is -0.385. The van der Waals surface area contributed by atoms with Gasteiger partial charge in [-0.05, 0) is 62.7 Å². The van der Waals surface area contributed by atoms with Gasteiger partial charge in [0, 0.05) is 16.6 Å². The van der Waals surface area contributed by atoms with Gasteiger partial charge in [0.1, 0.15) is 0 Å². The summed E-state index contributed by atoms with van der Waals surface area (Å²) >= 11 is 0. The summed E-state index contributed by atoms with van der Waals surface area (Å²) < 4.78 is 5.32. The topological polar surface area (TPSA) is 43.4 Å². The second-order valence-electron chi connectivity index (χ2n) is 8.42. The quantitative estimate of drug-likeness (QED) is 0.554. The lowest BCUT2D eigenvalue weighted by Gasteiger charge is -2.34. The third kappa shape index (κ3) is 2.57. The average Bonchev–Trinajstić information content (AvgIpc) is 2.77. The molecule has 2 fully saturated rings. The first-order valence-electron chi connectivity index (χ1n) is 9.42. The number of ketones is 1. The van der Waals surface area contributed by atoms with E-state index in [1.807, 2.05) is 6.92 Å². The summed E-state index contributed by atoms with van der Waals surface area (Å²) in [5.74, 6) is 1.04. The number of Topliss-reactive ketones (excluding diaryl/α,β-unsaturated/α-hetero) is 1. The van der Waals surface area contributed by atoms with E-state index in [0.717, 1.165) is 37.7 Å². The van der Waals surface area contributed by atoms with Gasteiger partial charge in [0.2, 0.25) is 0 Å². The lowest BCUT2D eigenvalue weighted by Crippen LogP contribution is -2.36. The van der Waals surface area contributed by atoms with Crippen LogP contribution >= 0.6 is 0 Å². The van der Waals surface area contributed by atoms with Crippen molar-refractivity contribution in [2.24, 2.45) is 29.1 Å². The van der Waals surface area contributed by atoms with Crippen LogP contribution in [-0.2, 0) is 14.3 Å². The van der Waals surface area contributed by atoms with E-state index in [2.05, 4.69) is 27.4 Å². The van der Waals surface area contributed by atoms with Crippen molar-refractivity contribution in [2.45, 2.75) is 59.8 Å². The molecule has 0 aromatic carbocycles. The Morgan fingerprint density at radius 3 is 2.71 bits per heavy atom. The molecule has 0 saturated heterocycles. The first-order chi connectivity index (χ1) is 11.3. The molecule has 3 rings (SSSR count). The smallest absolute Gasteiger partial charge is 0.334 e. The van der Waals surface area contributed by atoms with E-state index in [9.17, 15) is 9.59 Å². The number of hydrogen-bond acceptors (Lipinski definition) is 3. The molecule has 3 nitrogen and oxygen atoms in total. The number of allylic oxidation sites excluding steroid dienone is 2. The molecule has 2 saturated carbocycles. The van der Waals surface area contributed by atoms with E-state index >= 15 is 0 Å². The highest BCUT2D eigenvalue weighted by atomic mass is 16.5. The van der Waals surface area contributed by atoms with E-state index in [1.54, 1.807) is 0 Å². The van der Waals surface area contributed by atoms with Crippen molar-refractivity contribution >= 4 is 11.8 Å². The number of rotatable bonds is 2. The van der Waals surface area contributed by atoms with E-state index in [1.165, 1.54) is 5.57 Å². The van der Waals surface area contributed by atoms with Crippen LogP contribution < -0.4 is 0 Å². The van der Waals surface area contributed by atoms with Crippen LogP contribution in [0.15, 0.2) is 23.3 Å². The van der Waals surface area contributed by atoms with Crippen LogP contribution in [0.25, 0.3) is 0 Å². The van der Waals surface area contributed by atoms with Crippen LogP contribution in [0.4, 0.5) is 0 Å². The molecule has 0 aliphatic heterocycles. The Labute approximate surface area is 145 Å². The summed E-state index contributed by atoms with van der Waals surface area (Å²) in [5, 5.41) is 0. The van der Waals surface area contributed by atoms with Crippen LogP contribution in [0.5, 0.6) is 0 Å². The summed E-state index contributed by atoms with van der Waals surface area (Å²) in [4.78, 5) is 26.3. The first-order valence-corrected chi connectivity index (χ1v) is 9.42. The first kappa shape index (κ1) is 17.4. The van der Waals surface area contributed by atoms with Crippen LogP contribution in [0.2, 0.25) is 0 Å². The fourth-order valence-electron chi connectivity index (χ4n) is 5.40. The van der Waals surface area contributed by atoms with Crippen LogP contribution in [0.3, 0.4) is 0 Å². The summed E-state index contributed by atoms with van der Waals surface area (Å²) in [7, 11) is 0. The SMILES string of the molecule is C=C1C[C@H]2C[C@H](C)[C@H]3CC[C@H](C)C(C(=O)OCC)=C3C(=O)[C@@]2(C)C1. The minimum Gasteiger partial charge on any atom is -0.463 e. The van der Waals surface area contributed by atoms with Gasteiger partial charge in [0.05, 0.1) is 6.61 Å². The molecular weight excluding hydrogens is 300 g/mol. The van der Waals surface area contributed by atoms with Crippen molar-refractivity contribution in [1.82, 2.24) is 0 Å². The van der Waals surface area contributed by atoms with Gasteiger partial charge >= 0.3 is 5.97 Å². The predicted molar refractivity (Wildman–Crippen MR) is 94.3 cm³/mol. The van der Waals surface area contributed by atoms with Gasteiger partial charge < -0.3 is 4.74 Å². The van der Waals surface area contributed by atoms with E-state index < -0.39 is 0 Å². The molecule has 0 unspecified atom stereocenters. The Bertz CT molecular complexity index is 615. The molecule has 0 amide bonds. The van der Waals surface area contributed by atoms with Crippen molar-refractivity contribution in [1.29, 1.82) is 0 Å². The van der Waals surface area contributed by atoms with E-state index in [-0.39, 0.29) is 29.0 Å². The summed E-state index contributed by atoms with van der Waals surface area (Å²) in [6.07, 6.45) is 4.75. The van der Waals surface area contributed by atoms with Crippen molar-refractivity contribution < 1.29 is 14.3 Å². The Kier molecular flexibility index (Phi) is 4.48.